The van der Waals surface area contributed by atoms with Crippen molar-refractivity contribution in [1.82, 2.24) is 44.1 Å². The molecule has 0 atom stereocenters. The second-order valence-electron chi connectivity index (χ2n) is 16.5. The van der Waals surface area contributed by atoms with Crippen LogP contribution >= 0.6 is 0 Å². The van der Waals surface area contributed by atoms with E-state index in [1.165, 1.54) is 70.3 Å². The van der Waals surface area contributed by atoms with Gasteiger partial charge in [0.1, 0.15) is 29.1 Å². The topological polar surface area (TPSA) is 296 Å². The van der Waals surface area contributed by atoms with Crippen LogP contribution in [0.1, 0.15) is 71.8 Å². The Morgan fingerprint density at radius 1 is 0.812 bits per heavy atom. The van der Waals surface area contributed by atoms with Gasteiger partial charge in [-0.2, -0.15) is 23.9 Å². The van der Waals surface area contributed by atoms with E-state index in [2.05, 4.69) is 25.5 Å². The Bertz CT molecular complexity index is 3090. The molecule has 69 heavy (non-hydrogen) atoms. The zero-order chi connectivity index (χ0) is 51.5. The normalized spacial score (nSPS) is 11.4. The number of carbonyl (C=O) groups excluding carboxylic acids is 2. The number of benzene rings is 2. The number of nitrogens with one attached hydrogen (secondary N) is 2. The molecule has 0 aliphatic heterocycles. The minimum atomic E-state index is -4.30. The number of sulfonamides is 2. The van der Waals surface area contributed by atoms with Gasteiger partial charge in [-0.1, -0.05) is 27.2 Å². The Kier molecular flexibility index (Phi) is 18.3. The molecule has 4 aromatic heterocycles. The van der Waals surface area contributed by atoms with Gasteiger partial charge in [-0.25, -0.2) is 36.8 Å². The molecule has 0 bridgehead atoms. The molecule has 8 N–H and O–H groups in total. The number of primary sulfonamides is 1. The number of hydrogen-bond acceptors (Lipinski definition) is 14. The minimum absolute atomic E-state index is 0.0459. The van der Waals surface area contributed by atoms with E-state index in [0.29, 0.717) is 59.6 Å². The van der Waals surface area contributed by atoms with Crippen LogP contribution in [0.3, 0.4) is 0 Å². The highest BCUT2D eigenvalue weighted by atomic mass is 32.2. The van der Waals surface area contributed by atoms with E-state index >= 15 is 0 Å². The van der Waals surface area contributed by atoms with Gasteiger partial charge in [-0.15, -0.1) is 0 Å². The summed E-state index contributed by atoms with van der Waals surface area (Å²) in [5.74, 6) is -1.54. The van der Waals surface area contributed by atoms with Crippen LogP contribution in [0, 0.1) is 23.0 Å². The Morgan fingerprint density at radius 2 is 1.35 bits per heavy atom. The zero-order valence-corrected chi connectivity index (χ0v) is 41.2. The summed E-state index contributed by atoms with van der Waals surface area (Å²) in [5.41, 5.74) is 17.0. The monoisotopic (exact) mass is 990 g/mol. The molecule has 24 heteroatoms. The maximum absolute atomic E-state index is 14.5. The summed E-state index contributed by atoms with van der Waals surface area (Å²) >= 11 is 0. The molecule has 368 valence electrons. The van der Waals surface area contributed by atoms with Crippen LogP contribution in [0.5, 0.6) is 0 Å². The van der Waals surface area contributed by atoms with E-state index in [1.54, 1.807) is 26.2 Å². The highest BCUT2D eigenvalue weighted by Gasteiger charge is 2.25. The molecule has 2 aromatic carbocycles. The van der Waals surface area contributed by atoms with E-state index in [4.69, 9.17) is 21.9 Å². The van der Waals surface area contributed by atoms with Crippen molar-refractivity contribution >= 4 is 43.4 Å². The first-order valence-corrected chi connectivity index (χ1v) is 24.0. The Hall–Kier alpha value is -7.17. The lowest BCUT2D eigenvalue weighted by Gasteiger charge is -2.17. The van der Waals surface area contributed by atoms with E-state index in [9.17, 15) is 35.2 Å². The van der Waals surface area contributed by atoms with Gasteiger partial charge in [0.25, 0.3) is 26.0 Å². The smallest absolute Gasteiger partial charge is 0.333 e. The molecule has 0 spiro atoms. The maximum atomic E-state index is 14.5. The van der Waals surface area contributed by atoms with Crippen LogP contribution in [0.4, 0.5) is 25.0 Å². The van der Waals surface area contributed by atoms with Crippen LogP contribution < -0.4 is 26.6 Å². The number of nitriles is 1. The molecule has 3 amide bonds. The number of nitrogen functional groups attached to an aromatic ring is 1. The molecule has 0 saturated carbocycles. The zero-order valence-electron chi connectivity index (χ0n) is 39.6. The molecule has 0 saturated heterocycles. The number of nitrogens with zero attached hydrogens (tertiary/aromatic N) is 9. The first kappa shape index (κ1) is 54.4. The number of carbonyl (C=O) groups is 2. The lowest BCUT2D eigenvalue weighted by Crippen LogP contribution is -2.35. The summed E-state index contributed by atoms with van der Waals surface area (Å²) in [7, 11) is 2.74. The van der Waals surface area contributed by atoms with Crippen LogP contribution in [0.25, 0.3) is 22.3 Å². The highest BCUT2D eigenvalue weighted by molar-refractivity contribution is 7.90. The van der Waals surface area contributed by atoms with Crippen molar-refractivity contribution < 1.29 is 35.2 Å². The molecule has 0 radical (unpaired) electrons. The number of urea groups is 1. The lowest BCUT2D eigenvalue weighted by atomic mass is 9.94. The number of amides is 3. The summed E-state index contributed by atoms with van der Waals surface area (Å²) in [6.45, 7) is 6.87. The SMILES string of the molecule is CC(C)c1cc(F)cc(-c2ccnc(C#N)c2)c1N.CCCc1cc(F)cc(-c2ccnc(C(N)=O)c2)c1NC(=O)NS(=O)(=O)c1cc(CN(C)C)n(C)n1.CN(C)Cc1cc(S(N)(=O)=O)nn1C. The third-order valence-corrected chi connectivity index (χ3v) is 11.9. The quantitative estimate of drug-likeness (QED) is 0.0913. The molecule has 4 heterocycles. The van der Waals surface area contributed by atoms with Gasteiger partial charge in [0.15, 0.2) is 10.1 Å². The fourth-order valence-corrected chi connectivity index (χ4v) is 8.19. The van der Waals surface area contributed by atoms with Crippen molar-refractivity contribution in [1.29, 1.82) is 5.26 Å². The summed E-state index contributed by atoms with van der Waals surface area (Å²) in [6, 6.07) is 15.3. The Labute approximate surface area is 400 Å². The van der Waals surface area contributed by atoms with Gasteiger partial charge in [0.2, 0.25) is 0 Å². The first-order valence-electron chi connectivity index (χ1n) is 21.0. The van der Waals surface area contributed by atoms with Crippen molar-refractivity contribution in [3.8, 4) is 28.3 Å². The Morgan fingerprint density at radius 3 is 1.87 bits per heavy atom. The molecule has 6 aromatic rings. The number of rotatable bonds is 14. The van der Waals surface area contributed by atoms with E-state index in [1.807, 2.05) is 69.6 Å². The van der Waals surface area contributed by atoms with Crippen molar-refractivity contribution in [2.24, 2.45) is 25.0 Å². The molecule has 6 rings (SSSR count). The summed E-state index contributed by atoms with van der Waals surface area (Å²) in [4.78, 5) is 36.0. The van der Waals surface area contributed by atoms with Gasteiger partial charge in [0, 0.05) is 68.5 Å². The number of halogens is 2. The van der Waals surface area contributed by atoms with Gasteiger partial charge >= 0.3 is 6.03 Å². The number of pyridine rings is 2. The van der Waals surface area contributed by atoms with Gasteiger partial charge in [0.05, 0.1) is 17.1 Å². The van der Waals surface area contributed by atoms with E-state index in [0.717, 1.165) is 11.3 Å². The predicted molar refractivity (Wildman–Crippen MR) is 257 cm³/mol. The largest absolute Gasteiger partial charge is 0.398 e. The van der Waals surface area contributed by atoms with Crippen molar-refractivity contribution in [3.05, 3.63) is 119 Å². The standard InChI is InChI=1S/C23H28FN7O4S.C15H14FN3.C7H14N4O2S/c1-5-6-15-9-16(24)11-18(14-7-8-26-19(10-14)22(25)32)21(15)27-23(33)29-36(34,35)20-12-17(13-30(2)3)31(4)28-20;1-9(2)13-6-11(16)7-14(15(13)18)10-3-4-19-12(5-10)8-17;1-10(2)5-6-4-7(9-11(6)3)14(8,12)13/h7-12H,5-6,13H2,1-4H3,(H2,25,32)(H2,27,29,33);3-7,9H,18H2,1-2H3;4H,5H2,1-3H3,(H2,8,12,13). The molecular formula is C45H56F2N14O6S2. The number of aryl methyl sites for hydroxylation is 3. The molecule has 20 nitrogen and oxygen atoms in total. The van der Waals surface area contributed by atoms with Crippen LogP contribution in [0.2, 0.25) is 0 Å². The second-order valence-corrected chi connectivity index (χ2v) is 19.6. The fourth-order valence-electron chi connectivity index (χ4n) is 6.73. The third kappa shape index (κ3) is 14.9. The minimum Gasteiger partial charge on any atom is -0.398 e. The third-order valence-electron chi connectivity index (χ3n) is 9.91. The number of aromatic nitrogens is 6. The number of anilines is 2. The van der Waals surface area contributed by atoms with Crippen LogP contribution in [-0.4, -0.2) is 96.3 Å². The fraction of sp³-hybridized carbons (Fsp3) is 0.311. The predicted octanol–water partition coefficient (Wildman–Crippen LogP) is 4.84. The number of hydrogen-bond donors (Lipinski definition) is 5. The maximum Gasteiger partial charge on any atom is 0.333 e. The van der Waals surface area contributed by atoms with Crippen LogP contribution in [0.15, 0.2) is 83.1 Å². The lowest BCUT2D eigenvalue weighted by molar-refractivity contribution is 0.0995. The first-order chi connectivity index (χ1) is 32.2. The summed E-state index contributed by atoms with van der Waals surface area (Å²) in [6.07, 6.45) is 3.88. The van der Waals surface area contributed by atoms with Gasteiger partial charge in [-0.3, -0.25) is 19.1 Å². The molecule has 0 fully saturated rings. The van der Waals surface area contributed by atoms with Crippen molar-refractivity contribution in [2.45, 2.75) is 62.7 Å². The highest BCUT2D eigenvalue weighted by Crippen LogP contribution is 2.35. The van der Waals surface area contributed by atoms with Crippen molar-refractivity contribution in [3.63, 3.8) is 0 Å². The molecule has 0 aliphatic carbocycles. The van der Waals surface area contributed by atoms with E-state index < -0.39 is 37.8 Å². The average molecular weight is 991 g/mol. The molecule has 0 unspecified atom stereocenters. The molecule has 0 aliphatic rings. The van der Waals surface area contributed by atoms with Crippen molar-refractivity contribution in [2.75, 3.05) is 39.2 Å². The van der Waals surface area contributed by atoms with E-state index in [-0.39, 0.29) is 44.4 Å². The van der Waals surface area contributed by atoms with Gasteiger partial charge in [-0.05, 0) is 111 Å². The number of primary amides is 1. The van der Waals surface area contributed by atoms with Crippen LogP contribution in [-0.2, 0) is 53.7 Å². The number of nitrogens with two attached hydrogens (primary N) is 3. The average Bonchev–Trinajstić information content (AvgIpc) is 3.83. The second kappa shape index (κ2) is 23.2. The Balaban J connectivity index is 0.000000260. The summed E-state index contributed by atoms with van der Waals surface area (Å²) in [5, 5.41) is 23.8. The van der Waals surface area contributed by atoms with Gasteiger partial charge < -0.3 is 26.6 Å². The summed E-state index contributed by atoms with van der Waals surface area (Å²) < 4.78 is 80.7. The molecular weight excluding hydrogens is 935 g/mol.